The average molecular weight is 212 g/mol. The largest absolute Gasteiger partial charge is 0.376 e. The van der Waals surface area contributed by atoms with Gasteiger partial charge < -0.3 is 19.7 Å². The molecule has 0 spiro atoms. The van der Waals surface area contributed by atoms with Crippen molar-refractivity contribution in [2.24, 2.45) is 5.73 Å². The van der Waals surface area contributed by atoms with Crippen LogP contribution in [0.5, 0.6) is 0 Å². The first-order valence-electron chi connectivity index (χ1n) is 5.22. The third-order valence-electron chi connectivity index (χ3n) is 2.39. The summed E-state index contributed by atoms with van der Waals surface area (Å²) in [6, 6.07) is 1.81. The van der Waals surface area contributed by atoms with Gasteiger partial charge in [-0.25, -0.2) is 0 Å². The van der Waals surface area contributed by atoms with Crippen molar-refractivity contribution in [2.45, 2.75) is 32.1 Å². The standard InChI is InChI=1S/C10H16N2O3/c11-5-8-4-10(15-12-8)7-13-6-9-2-1-3-14-9/h4,9H,1-3,5-7,11H2. The van der Waals surface area contributed by atoms with Crippen molar-refractivity contribution in [2.75, 3.05) is 13.2 Å². The molecule has 0 radical (unpaired) electrons. The molecule has 1 atom stereocenters. The number of rotatable bonds is 5. The molecule has 2 rings (SSSR count). The van der Waals surface area contributed by atoms with Gasteiger partial charge >= 0.3 is 0 Å². The van der Waals surface area contributed by atoms with Crippen LogP contribution in [0, 0.1) is 0 Å². The van der Waals surface area contributed by atoms with Crippen molar-refractivity contribution in [3.63, 3.8) is 0 Å². The molecule has 0 saturated carbocycles. The van der Waals surface area contributed by atoms with Crippen molar-refractivity contribution in [1.82, 2.24) is 5.16 Å². The molecule has 84 valence electrons. The Morgan fingerprint density at radius 1 is 1.60 bits per heavy atom. The summed E-state index contributed by atoms with van der Waals surface area (Å²) in [7, 11) is 0. The van der Waals surface area contributed by atoms with E-state index in [1.807, 2.05) is 6.07 Å². The summed E-state index contributed by atoms with van der Waals surface area (Å²) in [5, 5.41) is 3.77. The molecule has 2 heterocycles. The van der Waals surface area contributed by atoms with Crippen molar-refractivity contribution < 1.29 is 14.0 Å². The molecular formula is C10H16N2O3. The normalized spacial score (nSPS) is 21.0. The number of nitrogens with zero attached hydrogens (tertiary/aromatic N) is 1. The van der Waals surface area contributed by atoms with Gasteiger partial charge in [0.15, 0.2) is 5.76 Å². The van der Waals surface area contributed by atoms with Crippen LogP contribution in [0.25, 0.3) is 0 Å². The predicted octanol–water partition coefficient (Wildman–Crippen LogP) is 0.829. The second-order valence-electron chi connectivity index (χ2n) is 3.64. The van der Waals surface area contributed by atoms with Gasteiger partial charge in [-0.1, -0.05) is 5.16 Å². The molecule has 1 fully saturated rings. The van der Waals surface area contributed by atoms with Gasteiger partial charge in [-0.3, -0.25) is 0 Å². The number of ether oxygens (including phenoxy) is 2. The monoisotopic (exact) mass is 212 g/mol. The molecule has 15 heavy (non-hydrogen) atoms. The lowest BCUT2D eigenvalue weighted by atomic mass is 10.2. The molecule has 5 nitrogen and oxygen atoms in total. The van der Waals surface area contributed by atoms with Crippen molar-refractivity contribution in [1.29, 1.82) is 0 Å². The lowest BCUT2D eigenvalue weighted by Crippen LogP contribution is -2.13. The van der Waals surface area contributed by atoms with Crippen LogP contribution >= 0.6 is 0 Å². The van der Waals surface area contributed by atoms with Crippen LogP contribution in [0.3, 0.4) is 0 Å². The molecule has 1 saturated heterocycles. The quantitative estimate of drug-likeness (QED) is 0.782. The van der Waals surface area contributed by atoms with Crippen LogP contribution in [-0.4, -0.2) is 24.5 Å². The highest BCUT2D eigenvalue weighted by Crippen LogP contribution is 2.13. The summed E-state index contributed by atoms with van der Waals surface area (Å²) in [6.07, 6.45) is 2.47. The van der Waals surface area contributed by atoms with E-state index < -0.39 is 0 Å². The molecule has 1 unspecified atom stereocenters. The number of hydrogen-bond acceptors (Lipinski definition) is 5. The van der Waals surface area contributed by atoms with E-state index in [0.29, 0.717) is 25.5 Å². The van der Waals surface area contributed by atoms with Crippen LogP contribution in [-0.2, 0) is 22.6 Å². The minimum absolute atomic E-state index is 0.252. The zero-order valence-electron chi connectivity index (χ0n) is 8.65. The summed E-state index contributed by atoms with van der Waals surface area (Å²) < 4.78 is 15.9. The Labute approximate surface area is 88.5 Å². The van der Waals surface area contributed by atoms with E-state index >= 15 is 0 Å². The fourth-order valence-corrected chi connectivity index (χ4v) is 1.59. The van der Waals surface area contributed by atoms with E-state index in [-0.39, 0.29) is 6.10 Å². The molecule has 0 aliphatic carbocycles. The van der Waals surface area contributed by atoms with Gasteiger partial charge in [0, 0.05) is 19.2 Å². The maximum atomic E-state index is 5.46. The SMILES string of the molecule is NCc1cc(COCC2CCCO2)on1. The third kappa shape index (κ3) is 3.02. The molecule has 5 heteroatoms. The summed E-state index contributed by atoms with van der Waals surface area (Å²) in [5.74, 6) is 0.716. The molecular weight excluding hydrogens is 196 g/mol. The van der Waals surface area contributed by atoms with Crippen LogP contribution < -0.4 is 5.73 Å². The van der Waals surface area contributed by atoms with Gasteiger partial charge in [-0.2, -0.15) is 0 Å². The van der Waals surface area contributed by atoms with Crippen LogP contribution in [0.1, 0.15) is 24.3 Å². The molecule has 1 aromatic rings. The summed E-state index contributed by atoms with van der Waals surface area (Å²) >= 11 is 0. The van der Waals surface area contributed by atoms with Gasteiger partial charge in [0.1, 0.15) is 6.61 Å². The van der Waals surface area contributed by atoms with Gasteiger partial charge in [-0.05, 0) is 12.8 Å². The Morgan fingerprint density at radius 3 is 3.20 bits per heavy atom. The fraction of sp³-hybridized carbons (Fsp3) is 0.700. The van der Waals surface area contributed by atoms with E-state index in [9.17, 15) is 0 Å². The number of nitrogens with two attached hydrogens (primary N) is 1. The van der Waals surface area contributed by atoms with E-state index in [0.717, 1.165) is 25.1 Å². The topological polar surface area (TPSA) is 70.5 Å². The van der Waals surface area contributed by atoms with Crippen molar-refractivity contribution in [3.05, 3.63) is 17.5 Å². The van der Waals surface area contributed by atoms with E-state index in [1.54, 1.807) is 0 Å². The minimum atomic E-state index is 0.252. The second-order valence-corrected chi connectivity index (χ2v) is 3.64. The van der Waals surface area contributed by atoms with Gasteiger partial charge in [-0.15, -0.1) is 0 Å². The minimum Gasteiger partial charge on any atom is -0.376 e. The summed E-state index contributed by atoms with van der Waals surface area (Å²) in [4.78, 5) is 0. The first-order chi connectivity index (χ1) is 7.38. The molecule has 0 aromatic carbocycles. The molecule has 2 N–H and O–H groups in total. The first-order valence-corrected chi connectivity index (χ1v) is 5.22. The Balaban J connectivity index is 1.68. The van der Waals surface area contributed by atoms with Crippen molar-refractivity contribution >= 4 is 0 Å². The Bertz CT molecular complexity index is 295. The lowest BCUT2D eigenvalue weighted by Gasteiger charge is -2.08. The lowest BCUT2D eigenvalue weighted by molar-refractivity contribution is 0.00453. The van der Waals surface area contributed by atoms with Crippen LogP contribution in [0.15, 0.2) is 10.6 Å². The fourth-order valence-electron chi connectivity index (χ4n) is 1.59. The maximum absolute atomic E-state index is 5.46. The number of hydrogen-bond donors (Lipinski definition) is 1. The molecule has 1 aliphatic rings. The zero-order chi connectivity index (χ0) is 10.5. The second kappa shape index (κ2) is 5.25. The average Bonchev–Trinajstić information content (AvgIpc) is 2.88. The highest BCUT2D eigenvalue weighted by atomic mass is 16.5. The highest BCUT2D eigenvalue weighted by Gasteiger charge is 2.15. The molecule has 1 aliphatic heterocycles. The summed E-state index contributed by atoms with van der Waals surface area (Å²) in [5.41, 5.74) is 6.16. The van der Waals surface area contributed by atoms with E-state index in [1.165, 1.54) is 0 Å². The first kappa shape index (κ1) is 10.6. The van der Waals surface area contributed by atoms with E-state index in [2.05, 4.69) is 5.16 Å². The predicted molar refractivity (Wildman–Crippen MR) is 53.0 cm³/mol. The maximum Gasteiger partial charge on any atom is 0.162 e. The highest BCUT2D eigenvalue weighted by molar-refractivity contribution is 5.03. The van der Waals surface area contributed by atoms with E-state index in [4.69, 9.17) is 19.7 Å². The van der Waals surface area contributed by atoms with Gasteiger partial charge in [0.25, 0.3) is 0 Å². The van der Waals surface area contributed by atoms with Gasteiger partial charge in [0.2, 0.25) is 0 Å². The summed E-state index contributed by atoms with van der Waals surface area (Å²) in [6.45, 7) is 2.31. The molecule has 1 aromatic heterocycles. The van der Waals surface area contributed by atoms with Crippen LogP contribution in [0.4, 0.5) is 0 Å². The molecule has 0 amide bonds. The Kier molecular flexibility index (Phi) is 3.71. The zero-order valence-corrected chi connectivity index (χ0v) is 8.65. The third-order valence-corrected chi connectivity index (χ3v) is 2.39. The Morgan fingerprint density at radius 2 is 2.53 bits per heavy atom. The smallest absolute Gasteiger partial charge is 0.162 e. The van der Waals surface area contributed by atoms with Gasteiger partial charge in [0.05, 0.1) is 18.4 Å². The number of aromatic nitrogens is 1. The molecule has 0 bridgehead atoms. The Hall–Kier alpha value is -0.910. The van der Waals surface area contributed by atoms with Crippen molar-refractivity contribution in [3.8, 4) is 0 Å². The van der Waals surface area contributed by atoms with Crippen LogP contribution in [0.2, 0.25) is 0 Å².